The summed E-state index contributed by atoms with van der Waals surface area (Å²) in [5.74, 6) is -0.349. The number of benzene rings is 1. The van der Waals surface area contributed by atoms with E-state index in [4.69, 9.17) is 4.74 Å². The minimum absolute atomic E-state index is 0.134. The highest BCUT2D eigenvalue weighted by Gasteiger charge is 2.31. The Bertz CT molecular complexity index is 500. The van der Waals surface area contributed by atoms with Gasteiger partial charge in [-0.25, -0.2) is 4.79 Å². The minimum Gasteiger partial charge on any atom is -0.497 e. The summed E-state index contributed by atoms with van der Waals surface area (Å²) in [5, 5.41) is 9.19. The monoisotopic (exact) mass is 277 g/mol. The molecule has 1 unspecified atom stereocenters. The number of rotatable bonds is 4. The zero-order chi connectivity index (χ0) is 14.5. The highest BCUT2D eigenvalue weighted by molar-refractivity contribution is 5.85. The third kappa shape index (κ3) is 3.29. The van der Waals surface area contributed by atoms with E-state index in [9.17, 15) is 14.7 Å². The van der Waals surface area contributed by atoms with Crippen molar-refractivity contribution in [2.24, 2.45) is 0 Å². The number of carbonyl (C=O) groups is 2. The summed E-state index contributed by atoms with van der Waals surface area (Å²) in [7, 11) is 1.58. The fraction of sp³-hybridized carbons (Fsp3) is 0.467. The number of hydrogen-bond acceptors (Lipinski definition) is 3. The summed E-state index contributed by atoms with van der Waals surface area (Å²) < 4.78 is 5.12. The Kier molecular flexibility index (Phi) is 4.61. The van der Waals surface area contributed by atoms with Crippen molar-refractivity contribution in [1.29, 1.82) is 0 Å². The van der Waals surface area contributed by atoms with Crippen LogP contribution in [0.4, 0.5) is 0 Å². The first kappa shape index (κ1) is 14.4. The SMILES string of the molecule is COc1cccc(CC(=O)N2CCCCC2C(=O)O)c1. The van der Waals surface area contributed by atoms with Crippen LogP contribution in [0.5, 0.6) is 5.75 Å². The molecule has 1 aromatic carbocycles. The zero-order valence-electron chi connectivity index (χ0n) is 11.5. The largest absolute Gasteiger partial charge is 0.497 e. The van der Waals surface area contributed by atoms with E-state index in [1.807, 2.05) is 18.2 Å². The van der Waals surface area contributed by atoms with Crippen LogP contribution < -0.4 is 4.74 Å². The number of aliphatic carboxylic acids is 1. The molecule has 108 valence electrons. The number of carboxylic acid groups (broad SMARTS) is 1. The summed E-state index contributed by atoms with van der Waals surface area (Å²) >= 11 is 0. The van der Waals surface area contributed by atoms with Gasteiger partial charge < -0.3 is 14.7 Å². The Morgan fingerprint density at radius 2 is 2.20 bits per heavy atom. The molecule has 5 nitrogen and oxygen atoms in total. The number of hydrogen-bond donors (Lipinski definition) is 1. The number of carboxylic acids is 1. The van der Waals surface area contributed by atoms with E-state index in [1.54, 1.807) is 13.2 Å². The highest BCUT2D eigenvalue weighted by Crippen LogP contribution is 2.20. The van der Waals surface area contributed by atoms with Gasteiger partial charge in [0.25, 0.3) is 0 Å². The molecule has 1 N–H and O–H groups in total. The number of nitrogens with zero attached hydrogens (tertiary/aromatic N) is 1. The number of likely N-dealkylation sites (tertiary alicyclic amines) is 1. The van der Waals surface area contributed by atoms with Crippen molar-refractivity contribution in [1.82, 2.24) is 4.90 Å². The predicted octanol–water partition coefficient (Wildman–Crippen LogP) is 1.70. The van der Waals surface area contributed by atoms with Crippen molar-refractivity contribution < 1.29 is 19.4 Å². The molecule has 2 rings (SSSR count). The van der Waals surface area contributed by atoms with Gasteiger partial charge in [-0.1, -0.05) is 12.1 Å². The lowest BCUT2D eigenvalue weighted by Crippen LogP contribution is -2.48. The maximum absolute atomic E-state index is 12.3. The third-order valence-electron chi connectivity index (χ3n) is 3.60. The van der Waals surface area contributed by atoms with Crippen molar-refractivity contribution in [3.8, 4) is 5.75 Å². The van der Waals surface area contributed by atoms with Crippen molar-refractivity contribution >= 4 is 11.9 Å². The lowest BCUT2D eigenvalue weighted by Gasteiger charge is -2.33. The maximum atomic E-state index is 12.3. The van der Waals surface area contributed by atoms with Crippen LogP contribution in [-0.4, -0.2) is 41.6 Å². The van der Waals surface area contributed by atoms with Crippen LogP contribution in [-0.2, 0) is 16.0 Å². The van der Waals surface area contributed by atoms with Crippen LogP contribution in [0, 0.1) is 0 Å². The Morgan fingerprint density at radius 1 is 1.40 bits per heavy atom. The fourth-order valence-corrected chi connectivity index (χ4v) is 2.55. The first-order chi connectivity index (χ1) is 9.61. The Hall–Kier alpha value is -2.04. The van der Waals surface area contributed by atoms with Gasteiger partial charge in [0.2, 0.25) is 5.91 Å². The van der Waals surface area contributed by atoms with Gasteiger partial charge in [-0.15, -0.1) is 0 Å². The van der Waals surface area contributed by atoms with Crippen LogP contribution >= 0.6 is 0 Å². The second-order valence-corrected chi connectivity index (χ2v) is 4.97. The van der Waals surface area contributed by atoms with Crippen molar-refractivity contribution in [3.63, 3.8) is 0 Å². The number of ether oxygens (including phenoxy) is 1. The molecule has 0 bridgehead atoms. The Labute approximate surface area is 118 Å². The van der Waals surface area contributed by atoms with Gasteiger partial charge in [-0.05, 0) is 37.0 Å². The summed E-state index contributed by atoms with van der Waals surface area (Å²) in [4.78, 5) is 25.0. The molecular formula is C15H19NO4. The normalized spacial score (nSPS) is 18.6. The van der Waals surface area contributed by atoms with Gasteiger partial charge in [-0.2, -0.15) is 0 Å². The number of amides is 1. The topological polar surface area (TPSA) is 66.8 Å². The van der Waals surface area contributed by atoms with Gasteiger partial charge in [-0.3, -0.25) is 4.79 Å². The first-order valence-corrected chi connectivity index (χ1v) is 6.77. The molecule has 5 heteroatoms. The summed E-state index contributed by atoms with van der Waals surface area (Å²) in [6.45, 7) is 0.528. The number of methoxy groups -OCH3 is 1. The zero-order valence-corrected chi connectivity index (χ0v) is 11.5. The second kappa shape index (κ2) is 6.41. The van der Waals surface area contributed by atoms with Crippen LogP contribution in [0.3, 0.4) is 0 Å². The molecular weight excluding hydrogens is 258 g/mol. The van der Waals surface area contributed by atoms with E-state index in [0.29, 0.717) is 18.7 Å². The van der Waals surface area contributed by atoms with Crippen LogP contribution in [0.15, 0.2) is 24.3 Å². The van der Waals surface area contributed by atoms with Gasteiger partial charge in [0.1, 0.15) is 11.8 Å². The molecule has 0 saturated carbocycles. The molecule has 0 radical (unpaired) electrons. The molecule has 1 amide bonds. The minimum atomic E-state index is -0.913. The number of piperidine rings is 1. The van der Waals surface area contributed by atoms with E-state index in [0.717, 1.165) is 18.4 Å². The van der Waals surface area contributed by atoms with Crippen LogP contribution in [0.25, 0.3) is 0 Å². The van der Waals surface area contributed by atoms with Gasteiger partial charge in [0.05, 0.1) is 13.5 Å². The molecule has 1 aromatic rings. The fourth-order valence-electron chi connectivity index (χ4n) is 2.55. The molecule has 20 heavy (non-hydrogen) atoms. The standard InChI is InChI=1S/C15H19NO4/c1-20-12-6-4-5-11(9-12)10-14(17)16-8-3-2-7-13(16)15(18)19/h4-6,9,13H,2-3,7-8,10H2,1H3,(H,18,19). The van der Waals surface area contributed by atoms with Gasteiger partial charge in [0, 0.05) is 6.54 Å². The predicted molar refractivity (Wildman–Crippen MR) is 73.7 cm³/mol. The van der Waals surface area contributed by atoms with E-state index in [-0.39, 0.29) is 12.3 Å². The van der Waals surface area contributed by atoms with Crippen molar-refractivity contribution in [2.75, 3.05) is 13.7 Å². The van der Waals surface area contributed by atoms with Gasteiger partial charge >= 0.3 is 5.97 Å². The van der Waals surface area contributed by atoms with Crippen LogP contribution in [0.1, 0.15) is 24.8 Å². The summed E-state index contributed by atoms with van der Waals surface area (Å²) in [6, 6.07) is 6.61. The lowest BCUT2D eigenvalue weighted by molar-refractivity contribution is -0.151. The Balaban J connectivity index is 2.07. The quantitative estimate of drug-likeness (QED) is 0.909. The van der Waals surface area contributed by atoms with Crippen molar-refractivity contribution in [2.45, 2.75) is 31.7 Å². The third-order valence-corrected chi connectivity index (χ3v) is 3.60. The lowest BCUT2D eigenvalue weighted by atomic mass is 10.0. The summed E-state index contributed by atoms with van der Waals surface area (Å²) in [5.41, 5.74) is 0.837. The molecule has 1 aliphatic rings. The molecule has 1 atom stereocenters. The average molecular weight is 277 g/mol. The van der Waals surface area contributed by atoms with Crippen LogP contribution in [0.2, 0.25) is 0 Å². The smallest absolute Gasteiger partial charge is 0.326 e. The van der Waals surface area contributed by atoms with Crippen molar-refractivity contribution in [3.05, 3.63) is 29.8 Å². The molecule has 0 aromatic heterocycles. The first-order valence-electron chi connectivity index (χ1n) is 6.77. The highest BCUT2D eigenvalue weighted by atomic mass is 16.5. The van der Waals surface area contributed by atoms with E-state index < -0.39 is 12.0 Å². The van der Waals surface area contributed by atoms with Gasteiger partial charge in [0.15, 0.2) is 0 Å². The van der Waals surface area contributed by atoms with E-state index in [2.05, 4.69) is 0 Å². The molecule has 1 heterocycles. The second-order valence-electron chi connectivity index (χ2n) is 4.97. The summed E-state index contributed by atoms with van der Waals surface area (Å²) in [6.07, 6.45) is 2.48. The van der Waals surface area contributed by atoms with E-state index >= 15 is 0 Å². The number of carbonyl (C=O) groups excluding carboxylic acids is 1. The molecule has 0 spiro atoms. The average Bonchev–Trinajstić information content (AvgIpc) is 2.47. The molecule has 1 aliphatic heterocycles. The Morgan fingerprint density at radius 3 is 2.90 bits per heavy atom. The maximum Gasteiger partial charge on any atom is 0.326 e. The molecule has 1 saturated heterocycles. The molecule has 0 aliphatic carbocycles. The van der Waals surface area contributed by atoms with E-state index in [1.165, 1.54) is 4.90 Å². The molecule has 1 fully saturated rings.